The zero-order valence-electron chi connectivity index (χ0n) is 8.13. The molecule has 0 aromatic carbocycles. The van der Waals surface area contributed by atoms with Gasteiger partial charge in [0.05, 0.1) is 12.6 Å². The van der Waals surface area contributed by atoms with Crippen molar-refractivity contribution < 1.29 is 24.5 Å². The molecule has 1 amide bonds. The number of β-amino-alcohol motifs (C(OH)–C–C–N with tert-alkyl or cyclic N) is 1. The number of nitrogens with zero attached hydrogens (tertiary/aromatic N) is 1. The van der Waals surface area contributed by atoms with Crippen LogP contribution in [0.15, 0.2) is 12.7 Å². The van der Waals surface area contributed by atoms with E-state index in [1.165, 1.54) is 6.08 Å². The number of hydrogen-bond donors (Lipinski definition) is 2. The highest BCUT2D eigenvalue weighted by Gasteiger charge is 2.39. The second-order valence-electron chi connectivity index (χ2n) is 3.26. The van der Waals surface area contributed by atoms with Crippen LogP contribution in [0.2, 0.25) is 0 Å². The number of ether oxygens (including phenoxy) is 1. The Hall–Kier alpha value is -1.56. The van der Waals surface area contributed by atoms with Crippen LogP contribution in [0.1, 0.15) is 6.42 Å². The molecule has 0 bridgehead atoms. The van der Waals surface area contributed by atoms with Gasteiger partial charge in [0.2, 0.25) is 0 Å². The molecular weight excluding hydrogens is 202 g/mol. The zero-order valence-corrected chi connectivity index (χ0v) is 8.13. The van der Waals surface area contributed by atoms with Crippen molar-refractivity contribution in [3.8, 4) is 0 Å². The third-order valence-corrected chi connectivity index (χ3v) is 2.12. The molecule has 0 aromatic heterocycles. The van der Waals surface area contributed by atoms with Crippen molar-refractivity contribution in [3.63, 3.8) is 0 Å². The van der Waals surface area contributed by atoms with Gasteiger partial charge in [-0.05, 0) is 0 Å². The number of hydrogen-bond acceptors (Lipinski definition) is 4. The van der Waals surface area contributed by atoms with E-state index in [9.17, 15) is 14.7 Å². The summed E-state index contributed by atoms with van der Waals surface area (Å²) in [5, 5.41) is 18.1. The Morgan fingerprint density at radius 2 is 2.27 bits per heavy atom. The summed E-state index contributed by atoms with van der Waals surface area (Å²) in [5.74, 6) is -1.14. The SMILES string of the molecule is C=CCOC(=O)N1C[C@H](O)C[C@@H]1C(=O)O. The van der Waals surface area contributed by atoms with Gasteiger partial charge in [-0.3, -0.25) is 4.90 Å². The van der Waals surface area contributed by atoms with Crippen LogP contribution in [0.25, 0.3) is 0 Å². The molecule has 1 rings (SSSR count). The van der Waals surface area contributed by atoms with Crippen LogP contribution in [0, 0.1) is 0 Å². The van der Waals surface area contributed by atoms with E-state index in [0.717, 1.165) is 4.90 Å². The van der Waals surface area contributed by atoms with Gasteiger partial charge in [-0.25, -0.2) is 9.59 Å². The Kier molecular flexibility index (Phi) is 3.68. The number of aliphatic hydroxyl groups excluding tert-OH is 1. The van der Waals surface area contributed by atoms with Crippen molar-refractivity contribution >= 4 is 12.1 Å². The van der Waals surface area contributed by atoms with Crippen LogP contribution in [0.3, 0.4) is 0 Å². The van der Waals surface area contributed by atoms with Gasteiger partial charge in [0.1, 0.15) is 12.6 Å². The van der Waals surface area contributed by atoms with Crippen LogP contribution < -0.4 is 0 Å². The number of aliphatic carboxylic acids is 1. The third-order valence-electron chi connectivity index (χ3n) is 2.12. The molecule has 0 saturated carbocycles. The predicted molar refractivity (Wildman–Crippen MR) is 50.3 cm³/mol. The number of carboxylic acids is 1. The highest BCUT2D eigenvalue weighted by molar-refractivity contribution is 5.80. The van der Waals surface area contributed by atoms with Crippen molar-refractivity contribution in [2.24, 2.45) is 0 Å². The molecule has 15 heavy (non-hydrogen) atoms. The maximum atomic E-state index is 11.3. The highest BCUT2D eigenvalue weighted by atomic mass is 16.6. The van der Waals surface area contributed by atoms with E-state index in [1.54, 1.807) is 0 Å². The van der Waals surface area contributed by atoms with E-state index in [4.69, 9.17) is 9.84 Å². The van der Waals surface area contributed by atoms with E-state index in [1.807, 2.05) is 0 Å². The van der Waals surface area contributed by atoms with E-state index >= 15 is 0 Å². The Bertz CT molecular complexity index is 278. The summed E-state index contributed by atoms with van der Waals surface area (Å²) >= 11 is 0. The second-order valence-corrected chi connectivity index (χ2v) is 3.26. The highest BCUT2D eigenvalue weighted by Crippen LogP contribution is 2.18. The molecule has 1 aliphatic heterocycles. The van der Waals surface area contributed by atoms with Gasteiger partial charge in [0, 0.05) is 6.42 Å². The lowest BCUT2D eigenvalue weighted by Gasteiger charge is -2.19. The number of carbonyl (C=O) groups excluding carboxylic acids is 1. The molecule has 1 saturated heterocycles. The van der Waals surface area contributed by atoms with Crippen LogP contribution in [-0.4, -0.2) is 52.5 Å². The summed E-state index contributed by atoms with van der Waals surface area (Å²) in [6.45, 7) is 3.39. The van der Waals surface area contributed by atoms with Crippen molar-refractivity contribution in [3.05, 3.63) is 12.7 Å². The van der Waals surface area contributed by atoms with Crippen molar-refractivity contribution in [1.29, 1.82) is 0 Å². The fraction of sp³-hybridized carbons (Fsp3) is 0.556. The van der Waals surface area contributed by atoms with Gasteiger partial charge in [-0.15, -0.1) is 0 Å². The smallest absolute Gasteiger partial charge is 0.410 e. The fourth-order valence-electron chi connectivity index (χ4n) is 1.46. The first kappa shape index (κ1) is 11.5. The second kappa shape index (κ2) is 4.79. The van der Waals surface area contributed by atoms with Crippen molar-refractivity contribution in [2.75, 3.05) is 13.2 Å². The molecule has 84 valence electrons. The Labute approximate surface area is 86.7 Å². The maximum absolute atomic E-state index is 11.3. The van der Waals surface area contributed by atoms with E-state index in [-0.39, 0.29) is 19.6 Å². The van der Waals surface area contributed by atoms with Crippen LogP contribution in [-0.2, 0) is 9.53 Å². The van der Waals surface area contributed by atoms with E-state index in [0.29, 0.717) is 0 Å². The summed E-state index contributed by atoms with van der Waals surface area (Å²) < 4.78 is 4.70. The average molecular weight is 215 g/mol. The molecule has 1 heterocycles. The number of aliphatic hydroxyl groups is 1. The first-order chi connectivity index (χ1) is 7.06. The summed E-state index contributed by atoms with van der Waals surface area (Å²) in [6, 6.07) is -1.00. The fourth-order valence-corrected chi connectivity index (χ4v) is 1.46. The lowest BCUT2D eigenvalue weighted by Crippen LogP contribution is -2.40. The molecule has 1 aliphatic rings. The van der Waals surface area contributed by atoms with Crippen LogP contribution in [0.5, 0.6) is 0 Å². The molecule has 2 atom stereocenters. The minimum Gasteiger partial charge on any atom is -0.480 e. The molecule has 6 nitrogen and oxygen atoms in total. The molecule has 0 spiro atoms. The summed E-state index contributed by atoms with van der Waals surface area (Å²) in [6.07, 6.45) is -0.111. The minimum absolute atomic E-state index is 0.00700. The van der Waals surface area contributed by atoms with Gasteiger partial charge in [-0.2, -0.15) is 0 Å². The first-order valence-electron chi connectivity index (χ1n) is 4.51. The van der Waals surface area contributed by atoms with Gasteiger partial charge < -0.3 is 14.9 Å². The van der Waals surface area contributed by atoms with Crippen molar-refractivity contribution in [1.82, 2.24) is 4.90 Å². The lowest BCUT2D eigenvalue weighted by molar-refractivity contribution is -0.141. The lowest BCUT2D eigenvalue weighted by atomic mass is 10.2. The minimum atomic E-state index is -1.14. The van der Waals surface area contributed by atoms with Crippen molar-refractivity contribution in [2.45, 2.75) is 18.6 Å². The third kappa shape index (κ3) is 2.69. The molecule has 2 N–H and O–H groups in total. The van der Waals surface area contributed by atoms with E-state index < -0.39 is 24.2 Å². The Morgan fingerprint density at radius 1 is 1.60 bits per heavy atom. The Balaban J connectivity index is 2.62. The number of rotatable bonds is 3. The van der Waals surface area contributed by atoms with Gasteiger partial charge in [0.25, 0.3) is 0 Å². The van der Waals surface area contributed by atoms with Crippen LogP contribution >= 0.6 is 0 Å². The summed E-state index contributed by atoms with van der Waals surface area (Å²) in [7, 11) is 0. The largest absolute Gasteiger partial charge is 0.480 e. The standard InChI is InChI=1S/C9H13NO5/c1-2-3-15-9(14)10-5-6(11)4-7(10)8(12)13/h2,6-7,11H,1,3-5H2,(H,12,13)/t6-,7-/m1/s1. The number of amides is 1. The Morgan fingerprint density at radius 3 is 2.80 bits per heavy atom. The number of carbonyl (C=O) groups is 2. The molecule has 6 heteroatoms. The quantitative estimate of drug-likeness (QED) is 0.638. The summed E-state index contributed by atoms with van der Waals surface area (Å²) in [5.41, 5.74) is 0. The molecule has 0 radical (unpaired) electrons. The molecule has 0 unspecified atom stereocenters. The predicted octanol–water partition coefficient (Wildman–Crippen LogP) is -0.171. The molecule has 0 aliphatic carbocycles. The molecular formula is C9H13NO5. The maximum Gasteiger partial charge on any atom is 0.410 e. The van der Waals surface area contributed by atoms with Gasteiger partial charge in [-0.1, -0.05) is 12.7 Å². The average Bonchev–Trinajstić information content (AvgIpc) is 2.57. The first-order valence-corrected chi connectivity index (χ1v) is 4.51. The molecule has 1 fully saturated rings. The van der Waals surface area contributed by atoms with Gasteiger partial charge >= 0.3 is 12.1 Å². The zero-order chi connectivity index (χ0) is 11.4. The monoisotopic (exact) mass is 215 g/mol. The normalized spacial score (nSPS) is 25.0. The van der Waals surface area contributed by atoms with E-state index in [2.05, 4.69) is 6.58 Å². The van der Waals surface area contributed by atoms with Crippen LogP contribution in [0.4, 0.5) is 4.79 Å². The summed E-state index contributed by atoms with van der Waals surface area (Å²) in [4.78, 5) is 23.1. The number of likely N-dealkylation sites (tertiary alicyclic amines) is 1. The molecule has 0 aromatic rings. The van der Waals surface area contributed by atoms with Gasteiger partial charge in [0.15, 0.2) is 0 Å². The number of carboxylic acid groups (broad SMARTS) is 1. The topological polar surface area (TPSA) is 87.1 Å².